The molecule has 60 valence electrons. The van der Waals surface area contributed by atoms with Crippen LogP contribution in [0.5, 0.6) is 0 Å². The Balaban J connectivity index is 2.68. The van der Waals surface area contributed by atoms with Crippen molar-refractivity contribution in [3.63, 3.8) is 0 Å². The molecule has 11 heavy (non-hydrogen) atoms. The standard InChI is InChI=1S/C9H12O2/c1-4-8-6(2)5-9(10)11-7(8)3/h1,6-8H,5H2,2-3H3. The summed E-state index contributed by atoms with van der Waals surface area (Å²) in [7, 11) is 0. The van der Waals surface area contributed by atoms with E-state index in [9.17, 15) is 4.79 Å². The Hall–Kier alpha value is -0.970. The van der Waals surface area contributed by atoms with E-state index in [4.69, 9.17) is 11.2 Å². The number of esters is 1. The van der Waals surface area contributed by atoms with Crippen molar-refractivity contribution >= 4 is 5.97 Å². The van der Waals surface area contributed by atoms with Crippen LogP contribution < -0.4 is 0 Å². The molecule has 2 nitrogen and oxygen atoms in total. The van der Waals surface area contributed by atoms with E-state index in [0.29, 0.717) is 6.42 Å². The monoisotopic (exact) mass is 152 g/mol. The van der Waals surface area contributed by atoms with Crippen LogP contribution in [0.2, 0.25) is 0 Å². The van der Waals surface area contributed by atoms with E-state index in [0.717, 1.165) is 0 Å². The summed E-state index contributed by atoms with van der Waals surface area (Å²) in [4.78, 5) is 10.9. The summed E-state index contributed by atoms with van der Waals surface area (Å²) < 4.78 is 4.98. The van der Waals surface area contributed by atoms with Crippen LogP contribution in [0.4, 0.5) is 0 Å². The van der Waals surface area contributed by atoms with Gasteiger partial charge >= 0.3 is 5.97 Å². The number of rotatable bonds is 0. The highest BCUT2D eigenvalue weighted by Crippen LogP contribution is 2.26. The lowest BCUT2D eigenvalue weighted by Gasteiger charge is -2.29. The van der Waals surface area contributed by atoms with Gasteiger partial charge in [0.15, 0.2) is 0 Å². The SMILES string of the molecule is C#CC1C(C)CC(=O)OC1C. The van der Waals surface area contributed by atoms with Crippen molar-refractivity contribution in [3.05, 3.63) is 0 Å². The fourth-order valence-corrected chi connectivity index (χ4v) is 1.48. The van der Waals surface area contributed by atoms with Crippen LogP contribution >= 0.6 is 0 Å². The highest BCUT2D eigenvalue weighted by molar-refractivity contribution is 5.70. The Morgan fingerprint density at radius 3 is 2.73 bits per heavy atom. The first-order valence-corrected chi connectivity index (χ1v) is 3.80. The normalized spacial score (nSPS) is 37.5. The molecule has 0 bridgehead atoms. The number of carbonyl (C=O) groups excluding carboxylic acids is 1. The minimum Gasteiger partial charge on any atom is -0.461 e. The van der Waals surface area contributed by atoms with Crippen molar-refractivity contribution in [2.75, 3.05) is 0 Å². The lowest BCUT2D eigenvalue weighted by Crippen LogP contribution is -2.35. The molecule has 0 radical (unpaired) electrons. The molecule has 1 heterocycles. The van der Waals surface area contributed by atoms with Gasteiger partial charge in [-0.05, 0) is 12.8 Å². The molecule has 1 saturated heterocycles. The molecular weight excluding hydrogens is 140 g/mol. The van der Waals surface area contributed by atoms with Gasteiger partial charge in [-0.2, -0.15) is 0 Å². The fourth-order valence-electron chi connectivity index (χ4n) is 1.48. The molecule has 0 saturated carbocycles. The molecule has 0 aliphatic carbocycles. The largest absolute Gasteiger partial charge is 0.461 e. The van der Waals surface area contributed by atoms with Crippen molar-refractivity contribution in [3.8, 4) is 12.3 Å². The fraction of sp³-hybridized carbons (Fsp3) is 0.667. The predicted molar refractivity (Wildman–Crippen MR) is 41.7 cm³/mol. The van der Waals surface area contributed by atoms with Gasteiger partial charge in [-0.15, -0.1) is 6.42 Å². The predicted octanol–water partition coefficient (Wildman–Crippen LogP) is 1.21. The number of carbonyl (C=O) groups is 1. The summed E-state index contributed by atoms with van der Waals surface area (Å²) in [6, 6.07) is 0. The van der Waals surface area contributed by atoms with E-state index < -0.39 is 0 Å². The minimum atomic E-state index is -0.128. The molecule has 0 aromatic heterocycles. The molecule has 0 aromatic carbocycles. The molecule has 1 fully saturated rings. The molecule has 2 heteroatoms. The molecule has 3 atom stereocenters. The van der Waals surface area contributed by atoms with Gasteiger partial charge in [0, 0.05) is 6.42 Å². The Bertz CT molecular complexity index is 188. The van der Waals surface area contributed by atoms with Gasteiger partial charge in [-0.1, -0.05) is 12.8 Å². The first-order chi connectivity index (χ1) is 5.15. The van der Waals surface area contributed by atoms with Gasteiger partial charge in [-0.25, -0.2) is 0 Å². The maximum Gasteiger partial charge on any atom is 0.306 e. The Kier molecular flexibility index (Phi) is 2.19. The molecule has 1 aliphatic heterocycles. The van der Waals surface area contributed by atoms with E-state index in [1.54, 1.807) is 0 Å². The lowest BCUT2D eigenvalue weighted by atomic mass is 9.86. The maximum absolute atomic E-state index is 10.9. The molecule has 0 amide bonds. The van der Waals surface area contributed by atoms with E-state index in [-0.39, 0.29) is 23.9 Å². The lowest BCUT2D eigenvalue weighted by molar-refractivity contribution is -0.158. The number of ether oxygens (including phenoxy) is 1. The van der Waals surface area contributed by atoms with Crippen molar-refractivity contribution in [2.45, 2.75) is 26.4 Å². The number of hydrogen-bond donors (Lipinski definition) is 0. The van der Waals surface area contributed by atoms with Gasteiger partial charge in [0.25, 0.3) is 0 Å². The molecule has 1 aliphatic rings. The van der Waals surface area contributed by atoms with Gasteiger partial charge in [0.05, 0.1) is 5.92 Å². The van der Waals surface area contributed by atoms with Gasteiger partial charge in [0.2, 0.25) is 0 Å². The van der Waals surface area contributed by atoms with E-state index in [2.05, 4.69) is 5.92 Å². The van der Waals surface area contributed by atoms with Crippen LogP contribution in [0.1, 0.15) is 20.3 Å². The smallest absolute Gasteiger partial charge is 0.306 e. The number of cyclic esters (lactones) is 1. The van der Waals surface area contributed by atoms with E-state index >= 15 is 0 Å². The third kappa shape index (κ3) is 1.54. The van der Waals surface area contributed by atoms with Crippen LogP contribution in [-0.2, 0) is 9.53 Å². The van der Waals surface area contributed by atoms with E-state index in [1.165, 1.54) is 0 Å². The van der Waals surface area contributed by atoms with Crippen LogP contribution in [0.25, 0.3) is 0 Å². The van der Waals surface area contributed by atoms with Gasteiger partial charge < -0.3 is 4.74 Å². The van der Waals surface area contributed by atoms with Crippen LogP contribution in [0.3, 0.4) is 0 Å². The molecule has 0 spiro atoms. The molecule has 0 aromatic rings. The van der Waals surface area contributed by atoms with Gasteiger partial charge in [0.1, 0.15) is 6.10 Å². The second-order valence-corrected chi connectivity index (χ2v) is 3.07. The van der Waals surface area contributed by atoms with E-state index in [1.807, 2.05) is 13.8 Å². The van der Waals surface area contributed by atoms with Crippen molar-refractivity contribution < 1.29 is 9.53 Å². The third-order valence-corrected chi connectivity index (χ3v) is 2.12. The topological polar surface area (TPSA) is 26.3 Å². The summed E-state index contributed by atoms with van der Waals surface area (Å²) in [5.74, 6) is 2.87. The average Bonchev–Trinajstić information content (AvgIpc) is 1.85. The van der Waals surface area contributed by atoms with Crippen LogP contribution in [-0.4, -0.2) is 12.1 Å². The highest BCUT2D eigenvalue weighted by atomic mass is 16.5. The first kappa shape index (κ1) is 8.13. The summed E-state index contributed by atoms with van der Waals surface area (Å²) in [6.45, 7) is 3.83. The zero-order chi connectivity index (χ0) is 8.43. The molecule has 0 N–H and O–H groups in total. The number of hydrogen-bond acceptors (Lipinski definition) is 2. The second-order valence-electron chi connectivity index (χ2n) is 3.07. The van der Waals surface area contributed by atoms with Crippen LogP contribution in [0, 0.1) is 24.2 Å². The van der Waals surface area contributed by atoms with Crippen molar-refractivity contribution in [1.29, 1.82) is 0 Å². The summed E-state index contributed by atoms with van der Waals surface area (Å²) in [5.41, 5.74) is 0. The van der Waals surface area contributed by atoms with Crippen molar-refractivity contribution in [2.24, 2.45) is 11.8 Å². The second kappa shape index (κ2) is 2.96. The Labute approximate surface area is 66.9 Å². The summed E-state index contributed by atoms with van der Waals surface area (Å²) in [5, 5.41) is 0. The van der Waals surface area contributed by atoms with Crippen molar-refractivity contribution in [1.82, 2.24) is 0 Å². The molecule has 3 unspecified atom stereocenters. The molecular formula is C9H12O2. The average molecular weight is 152 g/mol. The maximum atomic E-state index is 10.9. The van der Waals surface area contributed by atoms with Gasteiger partial charge in [-0.3, -0.25) is 4.79 Å². The summed E-state index contributed by atoms with van der Waals surface area (Å²) in [6.07, 6.45) is 5.63. The number of terminal acetylenes is 1. The summed E-state index contributed by atoms with van der Waals surface area (Å²) >= 11 is 0. The Morgan fingerprint density at radius 1 is 1.64 bits per heavy atom. The zero-order valence-corrected chi connectivity index (χ0v) is 6.83. The first-order valence-electron chi connectivity index (χ1n) is 3.80. The highest BCUT2D eigenvalue weighted by Gasteiger charge is 2.31. The minimum absolute atomic E-state index is 0.0905. The quantitative estimate of drug-likeness (QED) is 0.385. The zero-order valence-electron chi connectivity index (χ0n) is 6.83. The molecule has 1 rings (SSSR count). The van der Waals surface area contributed by atoms with Crippen LogP contribution in [0.15, 0.2) is 0 Å². The third-order valence-electron chi connectivity index (χ3n) is 2.12. The Morgan fingerprint density at radius 2 is 2.27 bits per heavy atom.